The van der Waals surface area contributed by atoms with Gasteiger partial charge in [-0.2, -0.15) is 0 Å². The van der Waals surface area contributed by atoms with Gasteiger partial charge in [-0.1, -0.05) is 77.0 Å². The molecule has 0 aromatic heterocycles. The summed E-state index contributed by atoms with van der Waals surface area (Å²) >= 11 is 0. The first-order valence-corrected chi connectivity index (χ1v) is 7.30. The minimum atomic E-state index is 0.982. The molecule has 0 unspecified atom stereocenters. The Bertz CT molecular complexity index is 133. The van der Waals surface area contributed by atoms with Crippen molar-refractivity contribution in [1.29, 1.82) is 0 Å². The van der Waals surface area contributed by atoms with E-state index in [2.05, 4.69) is 7.28 Å². The van der Waals surface area contributed by atoms with Crippen molar-refractivity contribution in [3.05, 3.63) is 0 Å². The van der Waals surface area contributed by atoms with Crippen LogP contribution in [-0.2, 0) is 0 Å². The predicted molar refractivity (Wildman–Crippen MR) is 68.7 cm³/mol. The third-order valence-electron chi connectivity index (χ3n) is 4.34. The zero-order valence-electron chi connectivity index (χ0n) is 10.2. The Hall–Kier alpha value is 0.0649. The van der Waals surface area contributed by atoms with Crippen molar-refractivity contribution < 1.29 is 0 Å². The summed E-state index contributed by atoms with van der Waals surface area (Å²) in [7, 11) is 2.76. The third-order valence-corrected chi connectivity index (χ3v) is 4.34. The van der Waals surface area contributed by atoms with Gasteiger partial charge in [0.25, 0.3) is 0 Å². The van der Waals surface area contributed by atoms with Gasteiger partial charge in [-0.3, -0.25) is 0 Å². The standard InChI is InChI=1S/C14H26B/c1-2-6-10-13(9-5-1)15-14-11-7-3-4-8-12-14/h13-14H,1-12H2/q-1. The second-order valence-electron chi connectivity index (χ2n) is 5.70. The number of hydrogen-bond acceptors (Lipinski definition) is 0. The van der Waals surface area contributed by atoms with Crippen LogP contribution in [0, 0.1) is 0 Å². The van der Waals surface area contributed by atoms with E-state index in [0.717, 1.165) is 11.6 Å². The van der Waals surface area contributed by atoms with E-state index in [0.29, 0.717) is 0 Å². The average molecular weight is 205 g/mol. The van der Waals surface area contributed by atoms with Gasteiger partial charge in [0.1, 0.15) is 0 Å². The molecule has 0 spiro atoms. The molecule has 0 aromatic rings. The molecule has 2 rings (SSSR count). The highest BCUT2D eigenvalue weighted by Crippen LogP contribution is 2.34. The van der Waals surface area contributed by atoms with Crippen LogP contribution in [0.25, 0.3) is 0 Å². The average Bonchev–Trinajstić information content (AvgIpc) is 2.63. The summed E-state index contributed by atoms with van der Waals surface area (Å²) in [5.41, 5.74) is 0. The second-order valence-corrected chi connectivity index (χ2v) is 5.70. The van der Waals surface area contributed by atoms with Crippen LogP contribution in [0.1, 0.15) is 77.0 Å². The molecule has 2 saturated carbocycles. The highest BCUT2D eigenvalue weighted by atomic mass is 14.1. The fourth-order valence-electron chi connectivity index (χ4n) is 3.39. The molecule has 0 atom stereocenters. The predicted octanol–water partition coefficient (Wildman–Crippen LogP) is 4.98. The van der Waals surface area contributed by atoms with Crippen molar-refractivity contribution in [3.63, 3.8) is 0 Å². The Kier molecular flexibility index (Phi) is 5.08. The molecule has 1 heteroatoms. The first-order chi connectivity index (χ1) is 7.45. The number of hydrogen-bond donors (Lipinski definition) is 0. The maximum atomic E-state index is 2.76. The van der Waals surface area contributed by atoms with Gasteiger partial charge < -0.3 is 7.28 Å². The Morgan fingerprint density at radius 2 is 0.800 bits per heavy atom. The normalized spacial score (nSPS) is 27.2. The monoisotopic (exact) mass is 205 g/mol. The van der Waals surface area contributed by atoms with E-state index < -0.39 is 0 Å². The lowest BCUT2D eigenvalue weighted by Crippen LogP contribution is -2.10. The van der Waals surface area contributed by atoms with Crippen molar-refractivity contribution in [3.8, 4) is 0 Å². The van der Waals surface area contributed by atoms with E-state index in [1.807, 2.05) is 0 Å². The Morgan fingerprint density at radius 3 is 1.13 bits per heavy atom. The molecular weight excluding hydrogens is 179 g/mol. The highest BCUT2D eigenvalue weighted by Gasteiger charge is 2.09. The molecule has 0 heterocycles. The molecule has 0 aromatic carbocycles. The second kappa shape index (κ2) is 6.61. The number of rotatable bonds is 2. The van der Waals surface area contributed by atoms with Gasteiger partial charge in [-0.25, -0.2) is 11.6 Å². The summed E-state index contributed by atoms with van der Waals surface area (Å²) in [5.74, 6) is 1.96. The van der Waals surface area contributed by atoms with E-state index in [4.69, 9.17) is 0 Å². The lowest BCUT2D eigenvalue weighted by Gasteiger charge is -2.35. The van der Waals surface area contributed by atoms with E-state index in [1.54, 1.807) is 0 Å². The molecule has 86 valence electrons. The lowest BCUT2D eigenvalue weighted by atomic mass is 9.51. The summed E-state index contributed by atoms with van der Waals surface area (Å²) in [4.78, 5) is 0. The van der Waals surface area contributed by atoms with Crippen LogP contribution in [0.5, 0.6) is 0 Å². The molecule has 15 heavy (non-hydrogen) atoms. The minimum absolute atomic E-state index is 0.982. The first-order valence-electron chi connectivity index (χ1n) is 7.30. The minimum Gasteiger partial charge on any atom is -0.328 e. The van der Waals surface area contributed by atoms with Gasteiger partial charge in [-0.15, -0.1) is 0 Å². The lowest BCUT2D eigenvalue weighted by molar-refractivity contribution is 0.641. The van der Waals surface area contributed by atoms with Gasteiger partial charge in [0, 0.05) is 0 Å². The van der Waals surface area contributed by atoms with Crippen LogP contribution < -0.4 is 0 Å². The molecular formula is C14H26B-. The fourth-order valence-corrected chi connectivity index (χ4v) is 3.39. The van der Waals surface area contributed by atoms with Gasteiger partial charge >= 0.3 is 0 Å². The molecule has 0 saturated heterocycles. The molecule has 2 radical (unpaired) electrons. The van der Waals surface area contributed by atoms with Crippen LogP contribution in [0.15, 0.2) is 0 Å². The molecule has 2 fully saturated rings. The Balaban J connectivity index is 1.73. The Morgan fingerprint density at radius 1 is 0.467 bits per heavy atom. The third kappa shape index (κ3) is 4.21. The fraction of sp³-hybridized carbons (Fsp3) is 1.00. The maximum Gasteiger partial charge on any atom is -0.0534 e. The van der Waals surface area contributed by atoms with Crippen molar-refractivity contribution in [2.24, 2.45) is 0 Å². The van der Waals surface area contributed by atoms with Crippen LogP contribution in [0.2, 0.25) is 11.6 Å². The summed E-state index contributed by atoms with van der Waals surface area (Å²) in [5, 5.41) is 0. The van der Waals surface area contributed by atoms with Crippen LogP contribution in [-0.4, -0.2) is 7.28 Å². The molecule has 2 aliphatic carbocycles. The highest BCUT2D eigenvalue weighted by molar-refractivity contribution is 6.39. The SMILES string of the molecule is [B-](C1CCCCCC1)C1CCCCCC1. The smallest absolute Gasteiger partial charge is 0.0534 e. The molecule has 0 aliphatic heterocycles. The van der Waals surface area contributed by atoms with E-state index in [-0.39, 0.29) is 0 Å². The van der Waals surface area contributed by atoms with Crippen LogP contribution in [0.4, 0.5) is 0 Å². The zero-order valence-corrected chi connectivity index (χ0v) is 10.2. The summed E-state index contributed by atoms with van der Waals surface area (Å²) in [6.45, 7) is 0. The summed E-state index contributed by atoms with van der Waals surface area (Å²) in [6, 6.07) is 0. The van der Waals surface area contributed by atoms with Crippen molar-refractivity contribution >= 4 is 7.28 Å². The van der Waals surface area contributed by atoms with E-state index in [1.165, 1.54) is 77.0 Å². The molecule has 0 amide bonds. The molecule has 0 N–H and O–H groups in total. The van der Waals surface area contributed by atoms with Gasteiger partial charge in [0.2, 0.25) is 0 Å². The Labute approximate surface area is 96.5 Å². The van der Waals surface area contributed by atoms with Crippen molar-refractivity contribution in [1.82, 2.24) is 0 Å². The summed E-state index contributed by atoms with van der Waals surface area (Å²) < 4.78 is 0. The maximum absolute atomic E-state index is 2.76. The van der Waals surface area contributed by atoms with Crippen LogP contribution in [0.3, 0.4) is 0 Å². The van der Waals surface area contributed by atoms with E-state index >= 15 is 0 Å². The van der Waals surface area contributed by atoms with Crippen LogP contribution >= 0.6 is 0 Å². The quantitative estimate of drug-likeness (QED) is 0.440. The summed E-state index contributed by atoms with van der Waals surface area (Å²) in [6.07, 6.45) is 17.9. The molecule has 0 bridgehead atoms. The largest absolute Gasteiger partial charge is 0.328 e. The van der Waals surface area contributed by atoms with Gasteiger partial charge in [0.05, 0.1) is 0 Å². The van der Waals surface area contributed by atoms with Gasteiger partial charge in [0.15, 0.2) is 0 Å². The van der Waals surface area contributed by atoms with Gasteiger partial charge in [-0.05, 0) is 0 Å². The molecule has 0 nitrogen and oxygen atoms in total. The topological polar surface area (TPSA) is 0 Å². The van der Waals surface area contributed by atoms with E-state index in [9.17, 15) is 0 Å². The first kappa shape index (κ1) is 11.5. The van der Waals surface area contributed by atoms with Crippen molar-refractivity contribution in [2.45, 2.75) is 88.7 Å². The zero-order chi connectivity index (χ0) is 10.3. The van der Waals surface area contributed by atoms with Crippen molar-refractivity contribution in [2.75, 3.05) is 0 Å². The molecule has 2 aliphatic rings.